The molecule has 0 radical (unpaired) electrons. The average Bonchev–Trinajstić information content (AvgIpc) is 3.06. The van der Waals surface area contributed by atoms with Crippen molar-refractivity contribution in [1.82, 2.24) is 5.16 Å². The Labute approximate surface area is 126 Å². The molecule has 2 atom stereocenters. The third kappa shape index (κ3) is 1.98. The van der Waals surface area contributed by atoms with E-state index < -0.39 is 0 Å². The van der Waals surface area contributed by atoms with Crippen molar-refractivity contribution in [3.05, 3.63) is 47.3 Å². The van der Waals surface area contributed by atoms with E-state index in [9.17, 15) is 0 Å². The molecular formula is C18H24N2O. The highest BCUT2D eigenvalue weighted by Crippen LogP contribution is 2.49. The van der Waals surface area contributed by atoms with Crippen LogP contribution in [0.25, 0.3) is 0 Å². The van der Waals surface area contributed by atoms with Crippen molar-refractivity contribution in [2.75, 3.05) is 18.0 Å². The van der Waals surface area contributed by atoms with Crippen LogP contribution in [-0.2, 0) is 11.8 Å². The fourth-order valence-electron chi connectivity index (χ4n) is 3.75. The van der Waals surface area contributed by atoms with Crippen LogP contribution in [0.15, 0.2) is 35.1 Å². The third-order valence-electron chi connectivity index (χ3n) is 5.24. The summed E-state index contributed by atoms with van der Waals surface area (Å²) < 4.78 is 5.38. The largest absolute Gasteiger partial charge is 0.368 e. The van der Waals surface area contributed by atoms with Crippen LogP contribution in [0.1, 0.15) is 44.5 Å². The molecule has 3 rings (SSSR count). The van der Waals surface area contributed by atoms with Crippen LogP contribution in [0.4, 0.5) is 5.69 Å². The molecule has 0 fully saturated rings. The topological polar surface area (TPSA) is 29.3 Å². The van der Waals surface area contributed by atoms with Crippen molar-refractivity contribution in [3.8, 4) is 0 Å². The first-order valence-corrected chi connectivity index (χ1v) is 7.91. The van der Waals surface area contributed by atoms with Gasteiger partial charge in [0.15, 0.2) is 0 Å². The maximum Gasteiger partial charge on any atom is 0.147 e. The molecule has 2 aromatic rings. The van der Waals surface area contributed by atoms with Crippen LogP contribution in [-0.4, -0.2) is 18.2 Å². The number of fused-ring (bicyclic) bond motifs is 1. The molecule has 0 amide bonds. The molecule has 1 aliphatic rings. The van der Waals surface area contributed by atoms with Gasteiger partial charge in [0.05, 0.1) is 0 Å². The molecule has 0 saturated heterocycles. The smallest absolute Gasteiger partial charge is 0.147 e. The zero-order valence-electron chi connectivity index (χ0n) is 13.4. The molecule has 21 heavy (non-hydrogen) atoms. The normalized spacial score (nSPS) is 24.1. The van der Waals surface area contributed by atoms with Crippen LogP contribution in [0, 0.1) is 5.92 Å². The molecule has 0 spiro atoms. The molecule has 0 saturated carbocycles. The number of hydrogen-bond donors (Lipinski definition) is 0. The van der Waals surface area contributed by atoms with E-state index in [0.29, 0.717) is 5.92 Å². The fourth-order valence-corrected chi connectivity index (χ4v) is 3.75. The molecule has 3 heteroatoms. The van der Waals surface area contributed by atoms with E-state index >= 15 is 0 Å². The molecule has 0 aliphatic heterocycles. The average molecular weight is 284 g/mol. The summed E-state index contributed by atoms with van der Waals surface area (Å²) in [6.45, 7) is 10.9. The Morgan fingerprint density at radius 1 is 1.29 bits per heavy atom. The van der Waals surface area contributed by atoms with Crippen molar-refractivity contribution >= 4 is 5.69 Å². The van der Waals surface area contributed by atoms with Gasteiger partial charge >= 0.3 is 0 Å². The van der Waals surface area contributed by atoms with Gasteiger partial charge in [0.2, 0.25) is 0 Å². The molecular weight excluding hydrogens is 260 g/mol. The van der Waals surface area contributed by atoms with Gasteiger partial charge in [0, 0.05) is 18.5 Å². The third-order valence-corrected chi connectivity index (χ3v) is 5.24. The second-order valence-corrected chi connectivity index (χ2v) is 6.19. The molecule has 1 aliphatic carbocycles. The Morgan fingerprint density at radius 2 is 2.00 bits per heavy atom. The first-order valence-electron chi connectivity index (χ1n) is 7.91. The molecule has 3 nitrogen and oxygen atoms in total. The van der Waals surface area contributed by atoms with Crippen LogP contribution >= 0.6 is 0 Å². The number of anilines is 1. The zero-order valence-corrected chi connectivity index (χ0v) is 13.4. The van der Waals surface area contributed by atoms with Gasteiger partial charge in [-0.15, -0.1) is 0 Å². The van der Waals surface area contributed by atoms with Crippen LogP contribution in [0.5, 0.6) is 0 Å². The summed E-state index contributed by atoms with van der Waals surface area (Å²) in [5.74, 6) is 0.523. The second kappa shape index (κ2) is 5.21. The monoisotopic (exact) mass is 284 g/mol. The highest BCUT2D eigenvalue weighted by atomic mass is 16.5. The minimum atomic E-state index is -0.0679. The lowest BCUT2D eigenvalue weighted by Gasteiger charge is -2.31. The summed E-state index contributed by atoms with van der Waals surface area (Å²) in [6.07, 6.45) is 2.92. The standard InChI is InChI=1S/C18H24N2O/c1-5-20(6-2)16-12-21-19-17(16)18(4)13(3)11-14-9-7-8-10-15(14)18/h7-10,12-13H,5-6,11H2,1-4H3. The van der Waals surface area contributed by atoms with Gasteiger partial charge in [-0.2, -0.15) is 0 Å². The van der Waals surface area contributed by atoms with Crippen LogP contribution in [0.3, 0.4) is 0 Å². The highest BCUT2D eigenvalue weighted by Gasteiger charge is 2.45. The number of rotatable bonds is 4. The summed E-state index contributed by atoms with van der Waals surface area (Å²) in [5, 5.41) is 4.42. The van der Waals surface area contributed by atoms with Gasteiger partial charge in [0.1, 0.15) is 17.6 Å². The lowest BCUT2D eigenvalue weighted by atomic mass is 9.74. The summed E-state index contributed by atoms with van der Waals surface area (Å²) >= 11 is 0. The minimum absolute atomic E-state index is 0.0679. The van der Waals surface area contributed by atoms with E-state index in [2.05, 4.69) is 62.0 Å². The first-order chi connectivity index (χ1) is 10.1. The van der Waals surface area contributed by atoms with E-state index in [0.717, 1.165) is 30.9 Å². The van der Waals surface area contributed by atoms with E-state index in [1.165, 1.54) is 11.1 Å². The summed E-state index contributed by atoms with van der Waals surface area (Å²) in [6, 6.07) is 8.76. The predicted molar refractivity (Wildman–Crippen MR) is 85.8 cm³/mol. The van der Waals surface area contributed by atoms with Crippen molar-refractivity contribution in [3.63, 3.8) is 0 Å². The molecule has 0 bridgehead atoms. The predicted octanol–water partition coefficient (Wildman–Crippen LogP) is 4.02. The Morgan fingerprint density at radius 3 is 2.71 bits per heavy atom. The Hall–Kier alpha value is -1.77. The van der Waals surface area contributed by atoms with Crippen molar-refractivity contribution < 1.29 is 4.52 Å². The molecule has 1 heterocycles. The van der Waals surface area contributed by atoms with Crippen molar-refractivity contribution in [2.24, 2.45) is 5.92 Å². The van der Waals surface area contributed by atoms with Crippen molar-refractivity contribution in [2.45, 2.75) is 39.5 Å². The van der Waals surface area contributed by atoms with Gasteiger partial charge in [-0.05, 0) is 44.2 Å². The Kier molecular flexibility index (Phi) is 3.52. The van der Waals surface area contributed by atoms with Crippen LogP contribution in [0.2, 0.25) is 0 Å². The van der Waals surface area contributed by atoms with Gasteiger partial charge in [0.25, 0.3) is 0 Å². The SMILES string of the molecule is CCN(CC)c1conc1C1(C)c2ccccc2CC1C. The van der Waals surface area contributed by atoms with E-state index in [-0.39, 0.29) is 5.41 Å². The molecule has 1 aromatic carbocycles. The quantitative estimate of drug-likeness (QED) is 0.849. The molecule has 1 aromatic heterocycles. The summed E-state index contributed by atoms with van der Waals surface area (Å²) in [5.41, 5.74) is 5.01. The lowest BCUT2D eigenvalue weighted by molar-refractivity contribution is 0.354. The Bertz CT molecular complexity index is 630. The fraction of sp³-hybridized carbons (Fsp3) is 0.500. The zero-order chi connectivity index (χ0) is 15.0. The number of nitrogens with zero attached hydrogens (tertiary/aromatic N) is 2. The number of aromatic nitrogens is 1. The maximum absolute atomic E-state index is 5.38. The number of hydrogen-bond acceptors (Lipinski definition) is 3. The van der Waals surface area contributed by atoms with Gasteiger partial charge < -0.3 is 9.42 Å². The molecule has 112 valence electrons. The van der Waals surface area contributed by atoms with Crippen molar-refractivity contribution in [1.29, 1.82) is 0 Å². The van der Waals surface area contributed by atoms with E-state index in [4.69, 9.17) is 4.52 Å². The summed E-state index contributed by atoms with van der Waals surface area (Å²) in [4.78, 5) is 2.32. The molecule has 2 unspecified atom stereocenters. The van der Waals surface area contributed by atoms with Gasteiger partial charge in [-0.25, -0.2) is 0 Å². The highest BCUT2D eigenvalue weighted by molar-refractivity contribution is 5.58. The van der Waals surface area contributed by atoms with Gasteiger partial charge in [-0.3, -0.25) is 0 Å². The van der Waals surface area contributed by atoms with Crippen LogP contribution < -0.4 is 4.90 Å². The number of benzene rings is 1. The van der Waals surface area contributed by atoms with E-state index in [1.807, 2.05) is 0 Å². The maximum atomic E-state index is 5.38. The summed E-state index contributed by atoms with van der Waals surface area (Å²) in [7, 11) is 0. The second-order valence-electron chi connectivity index (χ2n) is 6.19. The Balaban J connectivity index is 2.14. The molecule has 0 N–H and O–H groups in total. The minimum Gasteiger partial charge on any atom is -0.368 e. The first kappa shape index (κ1) is 14.2. The lowest BCUT2D eigenvalue weighted by Crippen LogP contribution is -2.32. The van der Waals surface area contributed by atoms with Gasteiger partial charge in [-0.1, -0.05) is 36.3 Å². The van der Waals surface area contributed by atoms with E-state index in [1.54, 1.807) is 6.26 Å².